The van der Waals surface area contributed by atoms with Gasteiger partial charge in [0.25, 0.3) is 0 Å². The number of nitrogens with two attached hydrogens (primary N) is 1. The van der Waals surface area contributed by atoms with E-state index in [1.165, 1.54) is 0 Å². The largest absolute Gasteiger partial charge is 0.381 e. The van der Waals surface area contributed by atoms with Crippen molar-refractivity contribution in [1.29, 1.82) is 0 Å². The van der Waals surface area contributed by atoms with E-state index in [9.17, 15) is 4.79 Å². The van der Waals surface area contributed by atoms with Crippen LogP contribution in [-0.4, -0.2) is 61.2 Å². The molecule has 1 unspecified atom stereocenters. The van der Waals surface area contributed by atoms with Crippen molar-refractivity contribution in [2.75, 3.05) is 44.3 Å². The Balaban J connectivity index is 0.00000196. The van der Waals surface area contributed by atoms with Crippen LogP contribution in [-0.2, 0) is 9.53 Å². The van der Waals surface area contributed by atoms with E-state index in [0.29, 0.717) is 5.92 Å². The maximum atomic E-state index is 12.9. The molecule has 28 heavy (non-hydrogen) atoms. The van der Waals surface area contributed by atoms with Gasteiger partial charge in [0, 0.05) is 45.6 Å². The van der Waals surface area contributed by atoms with Crippen LogP contribution >= 0.6 is 24.8 Å². The molecule has 2 saturated heterocycles. The van der Waals surface area contributed by atoms with Gasteiger partial charge in [0.05, 0.1) is 6.04 Å². The number of carbonyl (C=O) groups excluding carboxylic acids is 1. The number of likely N-dealkylation sites (N-methyl/N-ethyl adjacent to an activating group) is 1. The third-order valence-corrected chi connectivity index (χ3v) is 5.82. The highest BCUT2D eigenvalue weighted by atomic mass is 35.5. The summed E-state index contributed by atoms with van der Waals surface area (Å²) < 4.78 is 5.39. The molecule has 0 aromatic carbocycles. The van der Waals surface area contributed by atoms with Crippen molar-refractivity contribution in [3.05, 3.63) is 24.4 Å². The number of pyridine rings is 1. The molecule has 1 aromatic heterocycles. The zero-order chi connectivity index (χ0) is 18.4. The number of nitrogens with zero attached hydrogens (tertiary/aromatic N) is 3. The van der Waals surface area contributed by atoms with Gasteiger partial charge in [-0.15, -0.1) is 24.8 Å². The number of anilines is 1. The van der Waals surface area contributed by atoms with E-state index < -0.39 is 0 Å². The minimum atomic E-state index is -0.382. The Labute approximate surface area is 181 Å². The molecular weight excluding hydrogens is 399 g/mol. The number of ether oxygens (including phenoxy) is 1. The van der Waals surface area contributed by atoms with Crippen molar-refractivity contribution in [1.82, 2.24) is 9.88 Å². The molecule has 1 amide bonds. The normalized spacial score (nSPS) is 19.3. The van der Waals surface area contributed by atoms with Crippen LogP contribution in [0.15, 0.2) is 24.4 Å². The second kappa shape index (κ2) is 12.5. The highest BCUT2D eigenvalue weighted by Crippen LogP contribution is 2.24. The number of hydrogen-bond donors (Lipinski definition) is 1. The van der Waals surface area contributed by atoms with Gasteiger partial charge in [0.1, 0.15) is 5.82 Å². The number of hydrogen-bond acceptors (Lipinski definition) is 5. The first-order valence-electron chi connectivity index (χ1n) is 9.97. The molecule has 3 heterocycles. The summed E-state index contributed by atoms with van der Waals surface area (Å²) in [6.07, 6.45) is 5.82. The monoisotopic (exact) mass is 432 g/mol. The lowest BCUT2D eigenvalue weighted by Gasteiger charge is -2.37. The summed E-state index contributed by atoms with van der Waals surface area (Å²) in [6.45, 7) is 7.06. The topological polar surface area (TPSA) is 71.7 Å². The Morgan fingerprint density at radius 3 is 2.50 bits per heavy atom. The summed E-state index contributed by atoms with van der Waals surface area (Å²) in [7, 11) is 0. The molecule has 2 aliphatic heterocycles. The fourth-order valence-corrected chi connectivity index (χ4v) is 4.06. The summed E-state index contributed by atoms with van der Waals surface area (Å²) in [4.78, 5) is 21.6. The predicted molar refractivity (Wildman–Crippen MR) is 117 cm³/mol. The lowest BCUT2D eigenvalue weighted by molar-refractivity contribution is -0.135. The quantitative estimate of drug-likeness (QED) is 0.747. The average Bonchev–Trinajstić information content (AvgIpc) is 2.72. The SMILES string of the molecule is CCN(CC1CCN(c2ccccn2)CC1)C(=O)C(N)C1CCOCC1.Cl.Cl. The summed E-state index contributed by atoms with van der Waals surface area (Å²) in [5.41, 5.74) is 6.31. The minimum Gasteiger partial charge on any atom is -0.381 e. The van der Waals surface area contributed by atoms with Gasteiger partial charge in [0.15, 0.2) is 0 Å². The molecule has 2 N–H and O–H groups in total. The summed E-state index contributed by atoms with van der Waals surface area (Å²) >= 11 is 0. The Morgan fingerprint density at radius 1 is 1.25 bits per heavy atom. The van der Waals surface area contributed by atoms with Crippen molar-refractivity contribution >= 4 is 36.5 Å². The smallest absolute Gasteiger partial charge is 0.239 e. The summed E-state index contributed by atoms with van der Waals surface area (Å²) in [5.74, 6) is 1.97. The third-order valence-electron chi connectivity index (χ3n) is 5.82. The maximum absolute atomic E-state index is 12.9. The van der Waals surface area contributed by atoms with Gasteiger partial charge in [-0.3, -0.25) is 4.79 Å². The maximum Gasteiger partial charge on any atom is 0.239 e. The Bertz CT molecular complexity index is 565. The lowest BCUT2D eigenvalue weighted by Crippen LogP contribution is -2.51. The number of carbonyl (C=O) groups is 1. The van der Waals surface area contributed by atoms with Gasteiger partial charge in [-0.1, -0.05) is 6.07 Å². The Kier molecular flexibility index (Phi) is 11.1. The molecular formula is C20H34Cl2N4O2. The van der Waals surface area contributed by atoms with E-state index >= 15 is 0 Å². The Hall–Kier alpha value is -1.08. The number of halogens is 2. The average molecular weight is 433 g/mol. The van der Waals surface area contributed by atoms with Crippen LogP contribution in [0, 0.1) is 11.8 Å². The second-order valence-electron chi connectivity index (χ2n) is 7.47. The highest BCUT2D eigenvalue weighted by molar-refractivity contribution is 5.85. The second-order valence-corrected chi connectivity index (χ2v) is 7.47. The number of aromatic nitrogens is 1. The molecule has 160 valence electrons. The minimum absolute atomic E-state index is 0. The first kappa shape index (κ1) is 25.0. The van der Waals surface area contributed by atoms with Crippen LogP contribution in [0.5, 0.6) is 0 Å². The molecule has 1 aromatic rings. The number of amides is 1. The van der Waals surface area contributed by atoms with Crippen molar-refractivity contribution in [3.8, 4) is 0 Å². The van der Waals surface area contributed by atoms with E-state index in [4.69, 9.17) is 10.5 Å². The summed E-state index contributed by atoms with van der Waals surface area (Å²) in [5, 5.41) is 0. The molecule has 0 spiro atoms. The van der Waals surface area contributed by atoms with Crippen LogP contribution in [0.4, 0.5) is 5.82 Å². The van der Waals surface area contributed by atoms with Crippen LogP contribution in [0.25, 0.3) is 0 Å². The van der Waals surface area contributed by atoms with E-state index in [1.54, 1.807) is 0 Å². The first-order valence-corrected chi connectivity index (χ1v) is 9.97. The predicted octanol–water partition coefficient (Wildman–Crippen LogP) is 2.74. The molecule has 2 aliphatic rings. The number of piperidine rings is 1. The fraction of sp³-hybridized carbons (Fsp3) is 0.700. The van der Waals surface area contributed by atoms with Gasteiger partial charge in [-0.05, 0) is 56.6 Å². The summed E-state index contributed by atoms with van der Waals surface area (Å²) in [6, 6.07) is 5.66. The van der Waals surface area contributed by atoms with Crippen molar-refractivity contribution < 1.29 is 9.53 Å². The highest BCUT2D eigenvalue weighted by Gasteiger charge is 2.31. The molecule has 1 atom stereocenters. The van der Waals surface area contributed by atoms with Crippen LogP contribution < -0.4 is 10.6 Å². The Morgan fingerprint density at radius 2 is 1.93 bits per heavy atom. The lowest BCUT2D eigenvalue weighted by atomic mass is 9.90. The molecule has 2 fully saturated rings. The van der Waals surface area contributed by atoms with Crippen LogP contribution in [0.3, 0.4) is 0 Å². The molecule has 0 bridgehead atoms. The molecule has 0 saturated carbocycles. The van der Waals surface area contributed by atoms with Gasteiger partial charge in [-0.25, -0.2) is 4.98 Å². The van der Waals surface area contributed by atoms with E-state index in [1.807, 2.05) is 23.2 Å². The molecule has 8 heteroatoms. The zero-order valence-corrected chi connectivity index (χ0v) is 18.3. The van der Waals surface area contributed by atoms with E-state index in [2.05, 4.69) is 22.9 Å². The molecule has 0 radical (unpaired) electrons. The standard InChI is InChI=1S/C20H32N4O2.2ClH/c1-2-23(20(25)19(21)17-8-13-26-14-9-17)15-16-6-11-24(12-7-16)18-5-3-4-10-22-18;;/h3-5,10,16-17,19H,2,6-9,11-15,21H2,1H3;2*1H. The zero-order valence-electron chi connectivity index (χ0n) is 16.7. The van der Waals surface area contributed by atoms with Crippen molar-refractivity contribution in [3.63, 3.8) is 0 Å². The van der Waals surface area contributed by atoms with E-state index in [-0.39, 0.29) is 42.7 Å². The fourth-order valence-electron chi connectivity index (χ4n) is 4.06. The first-order chi connectivity index (χ1) is 12.7. The number of rotatable bonds is 6. The molecule has 6 nitrogen and oxygen atoms in total. The van der Waals surface area contributed by atoms with Crippen molar-refractivity contribution in [2.24, 2.45) is 17.6 Å². The molecule has 3 rings (SSSR count). The van der Waals surface area contributed by atoms with Gasteiger partial charge < -0.3 is 20.3 Å². The van der Waals surface area contributed by atoms with Crippen LogP contribution in [0.1, 0.15) is 32.6 Å². The van der Waals surface area contributed by atoms with Gasteiger partial charge in [-0.2, -0.15) is 0 Å². The third kappa shape index (κ3) is 6.48. The van der Waals surface area contributed by atoms with Crippen LogP contribution in [0.2, 0.25) is 0 Å². The van der Waals surface area contributed by atoms with Crippen molar-refractivity contribution in [2.45, 2.75) is 38.6 Å². The van der Waals surface area contributed by atoms with Gasteiger partial charge >= 0.3 is 0 Å². The molecule has 0 aliphatic carbocycles. The van der Waals surface area contributed by atoms with E-state index in [0.717, 1.165) is 70.9 Å². The van der Waals surface area contributed by atoms with Gasteiger partial charge in [0.2, 0.25) is 5.91 Å².